The van der Waals surface area contributed by atoms with Gasteiger partial charge >= 0.3 is 0 Å². The van der Waals surface area contributed by atoms with Crippen LogP contribution in [0.3, 0.4) is 0 Å². The molecule has 0 unspecified atom stereocenters. The third-order valence-corrected chi connectivity index (χ3v) is 5.02. The smallest absolute Gasteiger partial charge is 0.254 e. The summed E-state index contributed by atoms with van der Waals surface area (Å²) in [5, 5.41) is 0. The van der Waals surface area contributed by atoms with Crippen LogP contribution in [0, 0.1) is 13.8 Å². The number of H-pyrrole nitrogens is 1. The minimum atomic E-state index is -0.199. The summed E-state index contributed by atoms with van der Waals surface area (Å²) in [5.74, 6) is 1.11. The molecule has 0 aliphatic carbocycles. The van der Waals surface area contributed by atoms with Gasteiger partial charge in [-0.2, -0.15) is 0 Å². The monoisotopic (exact) mass is 339 g/mol. The Labute approximate surface area is 148 Å². The molecule has 3 rings (SSSR count). The summed E-state index contributed by atoms with van der Waals surface area (Å²) in [7, 11) is 0. The molecule has 25 heavy (non-hydrogen) atoms. The maximum atomic E-state index is 12.7. The first-order valence-corrected chi connectivity index (χ1v) is 8.93. The van der Waals surface area contributed by atoms with E-state index >= 15 is 0 Å². The normalized spacial score (nSPS) is 18.0. The van der Waals surface area contributed by atoms with Gasteiger partial charge < -0.3 is 9.88 Å². The standard InChI is InChI=1S/C20H25N3O2/c1-14-18(20(25)22-15(2)21-14)13-19(24)23-11-6-9-17(10-12-23)16-7-4-3-5-8-16/h3-5,7-8,17H,6,9-13H2,1-2H3,(H,21,22,25)/t17-/m1/s1. The van der Waals surface area contributed by atoms with Crippen molar-refractivity contribution < 1.29 is 4.79 Å². The molecule has 1 aromatic carbocycles. The van der Waals surface area contributed by atoms with Gasteiger partial charge in [0.1, 0.15) is 5.82 Å². The van der Waals surface area contributed by atoms with E-state index in [0.717, 1.165) is 32.4 Å². The number of amides is 1. The molecule has 1 amide bonds. The Kier molecular flexibility index (Phi) is 5.31. The molecule has 5 nitrogen and oxygen atoms in total. The van der Waals surface area contributed by atoms with Crippen molar-refractivity contribution in [3.8, 4) is 0 Å². The van der Waals surface area contributed by atoms with Crippen LogP contribution < -0.4 is 5.56 Å². The molecule has 1 atom stereocenters. The van der Waals surface area contributed by atoms with Gasteiger partial charge in [-0.15, -0.1) is 0 Å². The van der Waals surface area contributed by atoms with Gasteiger partial charge in [0, 0.05) is 24.3 Å². The number of carbonyl (C=O) groups excluding carboxylic acids is 1. The van der Waals surface area contributed by atoms with Gasteiger partial charge in [-0.1, -0.05) is 30.3 Å². The fourth-order valence-corrected chi connectivity index (χ4v) is 3.63. The molecule has 0 spiro atoms. The molecular weight excluding hydrogens is 314 g/mol. The number of rotatable bonds is 3. The summed E-state index contributed by atoms with van der Waals surface area (Å²) in [6.07, 6.45) is 3.19. The van der Waals surface area contributed by atoms with Crippen LogP contribution in [0.15, 0.2) is 35.1 Å². The SMILES string of the molecule is Cc1nc(C)c(CC(=O)N2CCC[C@@H](c3ccccc3)CC2)c(=O)[nH]1. The lowest BCUT2D eigenvalue weighted by molar-refractivity contribution is -0.130. The maximum absolute atomic E-state index is 12.7. The molecular formula is C20H25N3O2. The molecule has 2 heterocycles. The topological polar surface area (TPSA) is 66.1 Å². The van der Waals surface area contributed by atoms with Crippen molar-refractivity contribution >= 4 is 5.91 Å². The van der Waals surface area contributed by atoms with Crippen LogP contribution in [0.1, 0.15) is 47.8 Å². The van der Waals surface area contributed by atoms with E-state index in [0.29, 0.717) is 23.0 Å². The van der Waals surface area contributed by atoms with Crippen molar-refractivity contribution in [2.24, 2.45) is 0 Å². The Balaban J connectivity index is 1.67. The van der Waals surface area contributed by atoms with E-state index in [1.807, 2.05) is 11.0 Å². The van der Waals surface area contributed by atoms with Crippen LogP contribution in [0.25, 0.3) is 0 Å². The predicted molar refractivity (Wildman–Crippen MR) is 97.6 cm³/mol. The lowest BCUT2D eigenvalue weighted by Gasteiger charge is -2.21. The summed E-state index contributed by atoms with van der Waals surface area (Å²) in [5.41, 5.74) is 2.29. The molecule has 1 aliphatic rings. The first-order chi connectivity index (χ1) is 12.0. The fourth-order valence-electron chi connectivity index (χ4n) is 3.63. The molecule has 0 bridgehead atoms. The number of benzene rings is 1. The zero-order chi connectivity index (χ0) is 17.8. The second-order valence-corrected chi connectivity index (χ2v) is 6.81. The van der Waals surface area contributed by atoms with Crippen molar-refractivity contribution in [1.29, 1.82) is 0 Å². The average molecular weight is 339 g/mol. The van der Waals surface area contributed by atoms with Crippen LogP contribution in [-0.4, -0.2) is 33.9 Å². The lowest BCUT2D eigenvalue weighted by atomic mass is 9.92. The molecule has 1 aliphatic heterocycles. The highest BCUT2D eigenvalue weighted by Crippen LogP contribution is 2.28. The zero-order valence-corrected chi connectivity index (χ0v) is 14.9. The first kappa shape index (κ1) is 17.4. The van der Waals surface area contributed by atoms with Crippen LogP contribution in [0.2, 0.25) is 0 Å². The van der Waals surface area contributed by atoms with E-state index in [-0.39, 0.29) is 17.9 Å². The van der Waals surface area contributed by atoms with Crippen LogP contribution in [0.5, 0.6) is 0 Å². The van der Waals surface area contributed by atoms with Gasteiger partial charge in [-0.25, -0.2) is 4.98 Å². The molecule has 0 saturated carbocycles. The Morgan fingerprint density at radius 2 is 1.96 bits per heavy atom. The van der Waals surface area contributed by atoms with E-state index in [2.05, 4.69) is 34.2 Å². The number of hydrogen-bond acceptors (Lipinski definition) is 3. The number of aromatic amines is 1. The largest absolute Gasteiger partial charge is 0.342 e. The second-order valence-electron chi connectivity index (χ2n) is 6.81. The quantitative estimate of drug-likeness (QED) is 0.935. The number of carbonyl (C=O) groups is 1. The molecule has 5 heteroatoms. The molecule has 132 valence electrons. The average Bonchev–Trinajstić information content (AvgIpc) is 2.85. The minimum absolute atomic E-state index is 0.0213. The third-order valence-electron chi connectivity index (χ3n) is 5.02. The highest BCUT2D eigenvalue weighted by Gasteiger charge is 2.23. The van der Waals surface area contributed by atoms with Crippen molar-refractivity contribution in [3.05, 3.63) is 63.3 Å². The van der Waals surface area contributed by atoms with Gasteiger partial charge in [-0.05, 0) is 44.6 Å². The first-order valence-electron chi connectivity index (χ1n) is 8.93. The van der Waals surface area contributed by atoms with E-state index in [9.17, 15) is 9.59 Å². The van der Waals surface area contributed by atoms with Gasteiger partial charge in [0.15, 0.2) is 0 Å². The Morgan fingerprint density at radius 1 is 1.20 bits per heavy atom. The highest BCUT2D eigenvalue weighted by atomic mass is 16.2. The molecule has 1 N–H and O–H groups in total. The zero-order valence-electron chi connectivity index (χ0n) is 14.9. The number of hydrogen-bond donors (Lipinski definition) is 1. The van der Waals surface area contributed by atoms with Crippen LogP contribution in [0.4, 0.5) is 0 Å². The van der Waals surface area contributed by atoms with Crippen LogP contribution in [-0.2, 0) is 11.2 Å². The summed E-state index contributed by atoms with van der Waals surface area (Å²) < 4.78 is 0. The number of aromatic nitrogens is 2. The maximum Gasteiger partial charge on any atom is 0.254 e. The summed E-state index contributed by atoms with van der Waals surface area (Å²) in [6, 6.07) is 10.5. The van der Waals surface area contributed by atoms with Crippen LogP contribution >= 0.6 is 0 Å². The number of nitrogens with one attached hydrogen (secondary N) is 1. The summed E-state index contributed by atoms with van der Waals surface area (Å²) >= 11 is 0. The van der Waals surface area contributed by atoms with Crippen molar-refractivity contribution in [2.45, 2.75) is 45.4 Å². The summed E-state index contributed by atoms with van der Waals surface area (Å²) in [6.45, 7) is 5.05. The second kappa shape index (κ2) is 7.64. The van der Waals surface area contributed by atoms with E-state index in [4.69, 9.17) is 0 Å². The highest BCUT2D eigenvalue weighted by molar-refractivity contribution is 5.79. The molecule has 1 fully saturated rings. The van der Waals surface area contributed by atoms with Crippen molar-refractivity contribution in [2.75, 3.05) is 13.1 Å². The summed E-state index contributed by atoms with van der Waals surface area (Å²) in [4.78, 5) is 33.7. The van der Waals surface area contributed by atoms with Gasteiger partial charge in [0.05, 0.1) is 6.42 Å². The number of aryl methyl sites for hydroxylation is 2. The number of nitrogens with zero attached hydrogens (tertiary/aromatic N) is 2. The molecule has 0 radical (unpaired) electrons. The Hall–Kier alpha value is -2.43. The van der Waals surface area contributed by atoms with E-state index in [1.165, 1.54) is 5.56 Å². The third kappa shape index (κ3) is 4.16. The fraction of sp³-hybridized carbons (Fsp3) is 0.450. The van der Waals surface area contributed by atoms with E-state index in [1.54, 1.807) is 13.8 Å². The minimum Gasteiger partial charge on any atom is -0.342 e. The lowest BCUT2D eigenvalue weighted by Crippen LogP contribution is -2.35. The van der Waals surface area contributed by atoms with Crippen molar-refractivity contribution in [3.63, 3.8) is 0 Å². The van der Waals surface area contributed by atoms with Gasteiger partial charge in [0.25, 0.3) is 5.56 Å². The molecule has 1 aromatic heterocycles. The van der Waals surface area contributed by atoms with Crippen molar-refractivity contribution in [1.82, 2.24) is 14.9 Å². The number of likely N-dealkylation sites (tertiary alicyclic amines) is 1. The predicted octanol–water partition coefficient (Wildman–Crippen LogP) is 2.73. The van der Waals surface area contributed by atoms with Gasteiger partial charge in [-0.3, -0.25) is 9.59 Å². The van der Waals surface area contributed by atoms with Gasteiger partial charge in [0.2, 0.25) is 5.91 Å². The van der Waals surface area contributed by atoms with E-state index < -0.39 is 0 Å². The Morgan fingerprint density at radius 3 is 2.68 bits per heavy atom. The Bertz CT molecular complexity index is 798. The molecule has 2 aromatic rings. The molecule has 1 saturated heterocycles.